The minimum absolute atomic E-state index is 0.0926. The number of benzene rings is 3. The Morgan fingerprint density at radius 3 is 2.29 bits per heavy atom. The van der Waals surface area contributed by atoms with Gasteiger partial charge in [0.15, 0.2) is 0 Å². The van der Waals surface area contributed by atoms with E-state index in [-0.39, 0.29) is 17.3 Å². The van der Waals surface area contributed by atoms with Crippen LogP contribution in [0.2, 0.25) is 0 Å². The second kappa shape index (κ2) is 9.69. The Kier molecular flexibility index (Phi) is 6.67. The zero-order valence-electron chi connectivity index (χ0n) is 22.1. The van der Waals surface area contributed by atoms with Gasteiger partial charge in [0, 0.05) is 12.3 Å². The van der Waals surface area contributed by atoms with Crippen molar-refractivity contribution < 1.29 is 22.5 Å². The number of sulfonamides is 1. The zero-order valence-corrected chi connectivity index (χ0v) is 22.9. The average Bonchev–Trinajstić information content (AvgIpc) is 3.13. The fourth-order valence-electron chi connectivity index (χ4n) is 4.37. The van der Waals surface area contributed by atoms with Crippen LogP contribution in [0.4, 0.5) is 5.82 Å². The minimum atomic E-state index is -3.98. The van der Waals surface area contributed by atoms with E-state index >= 15 is 0 Å². The SMILES string of the molecule is COc1ccc(CN(c2ccncn2)S(=O)(=O)c2ccc3c(B4OC(C)(C)C(C)(C)O4)cccc3c2)cc1. The highest BCUT2D eigenvalue weighted by Crippen LogP contribution is 2.37. The van der Waals surface area contributed by atoms with Crippen molar-refractivity contribution in [2.75, 3.05) is 11.4 Å². The van der Waals surface area contributed by atoms with E-state index in [4.69, 9.17) is 14.0 Å². The van der Waals surface area contributed by atoms with Gasteiger partial charge in [-0.25, -0.2) is 22.7 Å². The summed E-state index contributed by atoms with van der Waals surface area (Å²) in [5.74, 6) is 0.972. The number of fused-ring (bicyclic) bond motifs is 1. The van der Waals surface area contributed by atoms with Crippen molar-refractivity contribution in [2.45, 2.75) is 50.3 Å². The Balaban J connectivity index is 1.53. The molecule has 0 saturated carbocycles. The van der Waals surface area contributed by atoms with Gasteiger partial charge >= 0.3 is 7.12 Å². The van der Waals surface area contributed by atoms with Crippen LogP contribution in [0.5, 0.6) is 5.75 Å². The Morgan fingerprint density at radius 2 is 1.66 bits per heavy atom. The number of methoxy groups -OCH3 is 1. The summed E-state index contributed by atoms with van der Waals surface area (Å²) in [6.45, 7) is 8.12. The number of anilines is 1. The predicted octanol–water partition coefficient (Wildman–Crippen LogP) is 4.33. The lowest BCUT2D eigenvalue weighted by atomic mass is 9.76. The van der Waals surface area contributed by atoms with Gasteiger partial charge in [-0.05, 0) is 73.8 Å². The third-order valence-corrected chi connectivity index (χ3v) is 9.03. The van der Waals surface area contributed by atoms with Crippen molar-refractivity contribution in [1.29, 1.82) is 0 Å². The van der Waals surface area contributed by atoms with E-state index in [0.29, 0.717) is 5.75 Å². The molecule has 5 rings (SSSR count). The average molecular weight is 531 g/mol. The van der Waals surface area contributed by atoms with Crippen molar-refractivity contribution >= 4 is 39.2 Å². The van der Waals surface area contributed by atoms with Crippen molar-refractivity contribution in [1.82, 2.24) is 9.97 Å². The number of ether oxygens (including phenoxy) is 1. The Bertz CT molecular complexity index is 1540. The van der Waals surface area contributed by atoms with Crippen molar-refractivity contribution in [3.05, 3.63) is 84.8 Å². The maximum absolute atomic E-state index is 14.0. The van der Waals surface area contributed by atoms with Gasteiger partial charge in [-0.2, -0.15) is 0 Å². The molecule has 0 spiro atoms. The number of nitrogens with zero attached hydrogens (tertiary/aromatic N) is 3. The first kappa shape index (κ1) is 26.2. The lowest BCUT2D eigenvalue weighted by Crippen LogP contribution is -2.41. The van der Waals surface area contributed by atoms with E-state index in [1.54, 1.807) is 37.4 Å². The van der Waals surface area contributed by atoms with Gasteiger partial charge in [-0.3, -0.25) is 0 Å². The smallest absolute Gasteiger partial charge is 0.495 e. The fourth-order valence-corrected chi connectivity index (χ4v) is 5.81. The summed E-state index contributed by atoms with van der Waals surface area (Å²) >= 11 is 0. The van der Waals surface area contributed by atoms with Crippen LogP contribution in [-0.4, -0.2) is 43.8 Å². The fraction of sp³-hybridized carbons (Fsp3) is 0.286. The molecule has 1 aromatic heterocycles. The molecular weight excluding hydrogens is 501 g/mol. The van der Waals surface area contributed by atoms with E-state index < -0.39 is 28.3 Å². The standard InChI is InChI=1S/C28H30BN3O5S/c1-27(2)28(3,4)37-29(36-27)25-8-6-7-21-17-23(13-14-24(21)25)38(33,34)32(26-15-16-30-19-31-26)18-20-9-11-22(35-5)12-10-20/h6-17,19H,18H2,1-5H3. The molecule has 1 aliphatic heterocycles. The first-order valence-electron chi connectivity index (χ1n) is 12.3. The highest BCUT2D eigenvalue weighted by molar-refractivity contribution is 7.92. The molecule has 0 unspecified atom stereocenters. The maximum atomic E-state index is 14.0. The van der Waals surface area contributed by atoms with Crippen LogP contribution in [0.1, 0.15) is 33.3 Å². The number of rotatable bonds is 7. The molecule has 1 fully saturated rings. The predicted molar refractivity (Wildman–Crippen MR) is 148 cm³/mol. The van der Waals surface area contributed by atoms with Crippen molar-refractivity contribution in [2.24, 2.45) is 0 Å². The van der Waals surface area contributed by atoms with Crippen molar-refractivity contribution in [3.63, 3.8) is 0 Å². The van der Waals surface area contributed by atoms with Crippen LogP contribution in [0.3, 0.4) is 0 Å². The molecule has 0 aliphatic carbocycles. The van der Waals surface area contributed by atoms with Crippen molar-refractivity contribution in [3.8, 4) is 5.75 Å². The molecule has 196 valence electrons. The Morgan fingerprint density at radius 1 is 0.947 bits per heavy atom. The van der Waals surface area contributed by atoms with E-state index in [0.717, 1.165) is 21.8 Å². The summed E-state index contributed by atoms with van der Waals surface area (Å²) in [5.41, 5.74) is 0.679. The zero-order chi connectivity index (χ0) is 27.1. The van der Waals surface area contributed by atoms with Gasteiger partial charge in [0.25, 0.3) is 10.0 Å². The highest BCUT2D eigenvalue weighted by Gasteiger charge is 2.52. The van der Waals surface area contributed by atoms with Crippen LogP contribution < -0.4 is 14.5 Å². The van der Waals surface area contributed by atoms with E-state index in [9.17, 15) is 8.42 Å². The molecule has 0 atom stereocenters. The Labute approximate surface area is 223 Å². The van der Waals surface area contributed by atoms with E-state index in [1.807, 2.05) is 64.1 Å². The third-order valence-electron chi connectivity index (χ3n) is 7.29. The molecule has 4 aromatic rings. The molecule has 1 saturated heterocycles. The molecule has 38 heavy (non-hydrogen) atoms. The van der Waals surface area contributed by atoms with Gasteiger partial charge < -0.3 is 14.0 Å². The molecule has 8 nitrogen and oxygen atoms in total. The monoisotopic (exact) mass is 531 g/mol. The molecular formula is C28H30BN3O5S. The molecule has 2 heterocycles. The molecule has 1 aliphatic rings. The lowest BCUT2D eigenvalue weighted by Gasteiger charge is -2.32. The second-order valence-electron chi connectivity index (χ2n) is 10.2. The van der Waals surface area contributed by atoms with Crippen LogP contribution in [-0.2, 0) is 25.9 Å². The second-order valence-corrected chi connectivity index (χ2v) is 12.1. The molecule has 0 radical (unpaired) electrons. The van der Waals surface area contributed by atoms with Crippen LogP contribution >= 0.6 is 0 Å². The molecule has 0 bridgehead atoms. The molecule has 10 heteroatoms. The minimum Gasteiger partial charge on any atom is -0.497 e. The largest absolute Gasteiger partial charge is 0.497 e. The summed E-state index contributed by atoms with van der Waals surface area (Å²) < 4.78 is 47.1. The van der Waals surface area contributed by atoms with E-state index in [2.05, 4.69) is 9.97 Å². The molecule has 0 amide bonds. The van der Waals surface area contributed by atoms with Gasteiger partial charge in [0.1, 0.15) is 17.9 Å². The van der Waals surface area contributed by atoms with Gasteiger partial charge in [-0.15, -0.1) is 0 Å². The van der Waals surface area contributed by atoms with Gasteiger partial charge in [0.05, 0.1) is 29.8 Å². The first-order valence-corrected chi connectivity index (χ1v) is 13.8. The summed E-state index contributed by atoms with van der Waals surface area (Å²) in [4.78, 5) is 8.34. The third kappa shape index (κ3) is 4.75. The lowest BCUT2D eigenvalue weighted by molar-refractivity contribution is 0.00578. The quantitative estimate of drug-likeness (QED) is 0.328. The normalized spacial score (nSPS) is 16.5. The highest BCUT2D eigenvalue weighted by atomic mass is 32.2. The summed E-state index contributed by atoms with van der Waals surface area (Å²) in [6.07, 6.45) is 2.86. The van der Waals surface area contributed by atoms with Crippen LogP contribution in [0.25, 0.3) is 10.8 Å². The van der Waals surface area contributed by atoms with Gasteiger partial charge in [0.2, 0.25) is 0 Å². The van der Waals surface area contributed by atoms with Gasteiger partial charge in [-0.1, -0.05) is 36.4 Å². The number of hydrogen-bond acceptors (Lipinski definition) is 7. The Hall–Kier alpha value is -3.47. The summed E-state index contributed by atoms with van der Waals surface area (Å²) in [5, 5.41) is 1.64. The topological polar surface area (TPSA) is 90.9 Å². The number of aromatic nitrogens is 2. The van der Waals surface area contributed by atoms with Crippen LogP contribution in [0.15, 0.2) is 84.1 Å². The molecule has 3 aromatic carbocycles. The van der Waals surface area contributed by atoms with E-state index in [1.165, 1.54) is 16.8 Å². The summed E-state index contributed by atoms with van der Waals surface area (Å²) in [6, 6.07) is 19.7. The first-order chi connectivity index (χ1) is 18.0. The van der Waals surface area contributed by atoms with Crippen LogP contribution in [0, 0.1) is 0 Å². The summed E-state index contributed by atoms with van der Waals surface area (Å²) in [7, 11) is -2.95. The molecule has 0 N–H and O–H groups in total. The maximum Gasteiger partial charge on any atom is 0.495 e. The number of hydrogen-bond donors (Lipinski definition) is 0.